The molecule has 0 aromatic heterocycles. The van der Waals surface area contributed by atoms with Crippen molar-refractivity contribution in [3.05, 3.63) is 77.5 Å². The number of hydrogen-bond donors (Lipinski definition) is 0. The fourth-order valence-electron chi connectivity index (χ4n) is 2.73. The Hall–Kier alpha value is -3.00. The van der Waals surface area contributed by atoms with Gasteiger partial charge < -0.3 is 9.64 Å². The predicted octanol–water partition coefficient (Wildman–Crippen LogP) is 2.33. The number of nitrogens with zero attached hydrogens (tertiary/aromatic N) is 1. The normalized spacial score (nSPS) is 17.4. The maximum Gasteiger partial charge on any atom is 0.341 e. The summed E-state index contributed by atoms with van der Waals surface area (Å²) in [5.74, 6) is -2.59. The van der Waals surface area contributed by atoms with Gasteiger partial charge in [-0.05, 0) is 30.3 Å². The van der Waals surface area contributed by atoms with Crippen LogP contribution < -0.4 is 4.90 Å². The van der Waals surface area contributed by atoms with Gasteiger partial charge >= 0.3 is 5.97 Å². The van der Waals surface area contributed by atoms with Crippen LogP contribution in [0, 0.1) is 5.82 Å². The largest absolute Gasteiger partial charge is 0.452 e. The minimum absolute atomic E-state index is 0.255. The molecule has 27 heavy (non-hydrogen) atoms. The number of sulfone groups is 1. The molecular formula is C19H16FNO5S. The quantitative estimate of drug-likeness (QED) is 0.733. The van der Waals surface area contributed by atoms with Crippen LogP contribution >= 0.6 is 0 Å². The first kappa shape index (κ1) is 18.8. The molecule has 6 nitrogen and oxygen atoms in total. The zero-order chi connectivity index (χ0) is 19.4. The van der Waals surface area contributed by atoms with Gasteiger partial charge in [0, 0.05) is 11.1 Å². The Morgan fingerprint density at radius 3 is 2.37 bits per heavy atom. The maximum absolute atomic E-state index is 13.6. The van der Waals surface area contributed by atoms with Gasteiger partial charge in [0.2, 0.25) is 0 Å². The summed E-state index contributed by atoms with van der Waals surface area (Å²) in [5, 5.41) is 1.06. The summed E-state index contributed by atoms with van der Waals surface area (Å²) < 4.78 is 42.1. The van der Waals surface area contributed by atoms with E-state index >= 15 is 0 Å². The lowest BCUT2D eigenvalue weighted by atomic mass is 10.2. The number of carbonyl (C=O) groups excluding carboxylic acids is 2. The molecule has 1 aliphatic rings. The molecule has 2 aromatic rings. The van der Waals surface area contributed by atoms with E-state index in [1.165, 1.54) is 29.2 Å². The first-order chi connectivity index (χ1) is 12.9. The van der Waals surface area contributed by atoms with E-state index in [0.717, 1.165) is 11.5 Å². The van der Waals surface area contributed by atoms with Crippen LogP contribution in [0.25, 0.3) is 0 Å². The molecule has 3 rings (SSSR count). The van der Waals surface area contributed by atoms with Crippen LogP contribution in [0.15, 0.2) is 66.1 Å². The fourth-order valence-corrected chi connectivity index (χ4v) is 4.00. The van der Waals surface area contributed by atoms with Crippen molar-refractivity contribution in [3.8, 4) is 0 Å². The Morgan fingerprint density at radius 1 is 1.07 bits per heavy atom. The van der Waals surface area contributed by atoms with Gasteiger partial charge in [-0.3, -0.25) is 4.79 Å². The molecule has 0 aliphatic carbocycles. The summed E-state index contributed by atoms with van der Waals surface area (Å²) in [6.45, 7) is -0.646. The Kier molecular flexibility index (Phi) is 5.36. The number of carbonyl (C=O) groups is 2. The van der Waals surface area contributed by atoms with Gasteiger partial charge in [0.25, 0.3) is 5.91 Å². The van der Waals surface area contributed by atoms with Gasteiger partial charge in [0.15, 0.2) is 16.4 Å². The van der Waals surface area contributed by atoms with E-state index < -0.39 is 40.2 Å². The summed E-state index contributed by atoms with van der Waals surface area (Å²) in [5.41, 5.74) is 0.191. The highest BCUT2D eigenvalue weighted by Gasteiger charge is 2.32. The average molecular weight is 389 g/mol. The molecule has 0 radical (unpaired) electrons. The van der Waals surface area contributed by atoms with Crippen LogP contribution in [-0.4, -0.2) is 38.7 Å². The molecule has 1 aliphatic heterocycles. The third kappa shape index (κ3) is 4.40. The summed E-state index contributed by atoms with van der Waals surface area (Å²) in [6.07, 6.45) is 1.42. The Labute approximate surface area is 155 Å². The lowest BCUT2D eigenvalue weighted by molar-refractivity contribution is -0.121. The SMILES string of the molecule is O=C(OCC(=O)N(c1ccccc1)[C@H]1C=CS(=O)(=O)C1)c1ccccc1F. The third-order valence-electron chi connectivity index (χ3n) is 3.97. The number of benzene rings is 2. The van der Waals surface area contributed by atoms with Gasteiger partial charge in [-0.1, -0.05) is 30.3 Å². The van der Waals surface area contributed by atoms with Crippen LogP contribution in [0.3, 0.4) is 0 Å². The zero-order valence-corrected chi connectivity index (χ0v) is 14.9. The van der Waals surface area contributed by atoms with Crippen LogP contribution in [0.4, 0.5) is 10.1 Å². The number of amides is 1. The molecule has 0 saturated heterocycles. The molecule has 0 unspecified atom stereocenters. The van der Waals surface area contributed by atoms with E-state index in [1.54, 1.807) is 30.3 Å². The number of halogens is 1. The number of rotatable bonds is 5. The number of esters is 1. The van der Waals surface area contributed by atoms with Crippen molar-refractivity contribution in [2.45, 2.75) is 6.04 Å². The van der Waals surface area contributed by atoms with Crippen LogP contribution in [0.1, 0.15) is 10.4 Å². The molecule has 0 spiro atoms. The Bertz CT molecular complexity index is 988. The van der Waals surface area contributed by atoms with E-state index in [0.29, 0.717) is 5.69 Å². The molecule has 0 fully saturated rings. The second-order valence-electron chi connectivity index (χ2n) is 5.88. The Balaban J connectivity index is 1.77. The van der Waals surface area contributed by atoms with E-state index in [-0.39, 0.29) is 11.3 Å². The summed E-state index contributed by atoms with van der Waals surface area (Å²) >= 11 is 0. The predicted molar refractivity (Wildman–Crippen MR) is 97.3 cm³/mol. The van der Waals surface area contributed by atoms with E-state index in [4.69, 9.17) is 4.74 Å². The van der Waals surface area contributed by atoms with Crippen molar-refractivity contribution in [3.63, 3.8) is 0 Å². The molecule has 8 heteroatoms. The van der Waals surface area contributed by atoms with Crippen molar-refractivity contribution >= 4 is 27.4 Å². The molecule has 0 bridgehead atoms. The second-order valence-corrected chi connectivity index (χ2v) is 7.81. The lowest BCUT2D eigenvalue weighted by Gasteiger charge is -2.27. The second kappa shape index (κ2) is 7.71. The van der Waals surface area contributed by atoms with Crippen molar-refractivity contribution in [2.75, 3.05) is 17.3 Å². The monoisotopic (exact) mass is 389 g/mol. The van der Waals surface area contributed by atoms with Crippen LogP contribution in [0.2, 0.25) is 0 Å². The van der Waals surface area contributed by atoms with Crippen molar-refractivity contribution in [1.82, 2.24) is 0 Å². The van der Waals surface area contributed by atoms with Gasteiger partial charge in [0.1, 0.15) is 5.82 Å². The molecule has 2 aromatic carbocycles. The number of para-hydroxylation sites is 1. The number of hydrogen-bond acceptors (Lipinski definition) is 5. The molecule has 140 valence electrons. The van der Waals surface area contributed by atoms with Gasteiger partial charge in [-0.2, -0.15) is 0 Å². The molecule has 0 saturated carbocycles. The summed E-state index contributed by atoms with van der Waals surface area (Å²) in [4.78, 5) is 26.0. The van der Waals surface area contributed by atoms with Crippen LogP contribution in [0.5, 0.6) is 0 Å². The zero-order valence-electron chi connectivity index (χ0n) is 14.1. The fraction of sp³-hybridized carbons (Fsp3) is 0.158. The van der Waals surface area contributed by atoms with E-state index in [9.17, 15) is 22.4 Å². The summed E-state index contributed by atoms with van der Waals surface area (Å²) in [7, 11) is -3.39. The highest BCUT2D eigenvalue weighted by Crippen LogP contribution is 2.23. The number of anilines is 1. The van der Waals surface area contributed by atoms with E-state index in [2.05, 4.69) is 0 Å². The minimum Gasteiger partial charge on any atom is -0.452 e. The minimum atomic E-state index is -3.39. The van der Waals surface area contributed by atoms with Crippen LogP contribution in [-0.2, 0) is 19.4 Å². The first-order valence-electron chi connectivity index (χ1n) is 8.07. The van der Waals surface area contributed by atoms with Crippen molar-refractivity contribution in [1.29, 1.82) is 0 Å². The average Bonchev–Trinajstić information content (AvgIpc) is 3.00. The summed E-state index contributed by atoms with van der Waals surface area (Å²) in [6, 6.07) is 13.0. The van der Waals surface area contributed by atoms with Gasteiger partial charge in [0.05, 0.1) is 17.4 Å². The van der Waals surface area contributed by atoms with Crippen molar-refractivity contribution in [2.24, 2.45) is 0 Å². The highest BCUT2D eigenvalue weighted by molar-refractivity contribution is 7.94. The maximum atomic E-state index is 13.6. The smallest absolute Gasteiger partial charge is 0.341 e. The highest BCUT2D eigenvalue weighted by atomic mass is 32.2. The first-order valence-corrected chi connectivity index (χ1v) is 9.79. The lowest BCUT2D eigenvalue weighted by Crippen LogP contribution is -2.43. The standard InChI is InChI=1S/C19H16FNO5S/c20-17-9-5-4-8-16(17)19(23)26-12-18(22)21(14-6-2-1-3-7-14)15-10-11-27(24,25)13-15/h1-11,15H,12-13H2/t15-/m0/s1. The molecule has 0 N–H and O–H groups in total. The number of ether oxygens (including phenoxy) is 1. The van der Waals surface area contributed by atoms with Gasteiger partial charge in [-0.25, -0.2) is 17.6 Å². The molecule has 1 amide bonds. The molecule has 1 heterocycles. The van der Waals surface area contributed by atoms with Crippen molar-refractivity contribution < 1.29 is 27.1 Å². The van der Waals surface area contributed by atoms with Gasteiger partial charge in [-0.15, -0.1) is 0 Å². The Morgan fingerprint density at radius 2 is 1.74 bits per heavy atom. The molecular weight excluding hydrogens is 373 g/mol. The van der Waals surface area contributed by atoms with E-state index in [1.807, 2.05) is 0 Å². The molecule has 1 atom stereocenters. The third-order valence-corrected chi connectivity index (χ3v) is 5.34. The topological polar surface area (TPSA) is 80.8 Å².